The Morgan fingerprint density at radius 3 is 1.22 bits per heavy atom. The highest BCUT2D eigenvalue weighted by atomic mass is 15.1. The van der Waals surface area contributed by atoms with Crippen molar-refractivity contribution in [2.45, 2.75) is 26.2 Å². The van der Waals surface area contributed by atoms with Crippen LogP contribution in [0.5, 0.6) is 0 Å². The molecule has 0 fully saturated rings. The molecule has 0 aliphatic heterocycles. The second kappa shape index (κ2) is 19.0. The van der Waals surface area contributed by atoms with E-state index < -0.39 is 0 Å². The first-order valence-corrected chi connectivity index (χ1v) is 26.8. The van der Waals surface area contributed by atoms with E-state index in [0.717, 1.165) is 79.0 Å². The minimum Gasteiger partial charge on any atom is -0.310 e. The van der Waals surface area contributed by atoms with Gasteiger partial charge in [0.05, 0.1) is 22.1 Å². The fourth-order valence-electron chi connectivity index (χ4n) is 11.7. The van der Waals surface area contributed by atoms with Gasteiger partial charge in [0.25, 0.3) is 0 Å². The number of aromatic amines is 1. The third-order valence-corrected chi connectivity index (χ3v) is 15.3. The number of anilines is 6. The highest BCUT2D eigenvalue weighted by Crippen LogP contribution is 2.43. The number of aromatic nitrogens is 4. The van der Waals surface area contributed by atoms with E-state index in [1.165, 1.54) is 49.2 Å². The summed E-state index contributed by atoms with van der Waals surface area (Å²) in [5.41, 5.74) is 20.4. The molecule has 11 aromatic carbocycles. The van der Waals surface area contributed by atoms with Crippen LogP contribution in [-0.2, 0) is 5.41 Å². The van der Waals surface area contributed by atoms with Crippen LogP contribution in [0.4, 0.5) is 34.1 Å². The number of hydrogen-bond acceptors (Lipinski definition) is 3. The topological polar surface area (TPSA) is 43.4 Å². The molecule has 0 saturated heterocycles. The molecule has 0 aliphatic carbocycles. The standard InChI is InChI=1S/C72H54N6/c1-72(2,3)63-31-20-32-64-71(63)74-70(50-37-41-56(42-38-50)76(52-23-10-5-11-24-52)58-44-46-68-62(48-58)60-30-17-19-34-66(60)78(68)54-27-14-7-15-28-54)69(73-64)49-35-39-55(40-36-49)75(51-21-8-4-9-22-51)57-43-45-67-61(47-57)59-29-16-18-33-65(59)77(67)53-25-12-6-13-26-53/h4-48H,1-3H3/p+1. The van der Waals surface area contributed by atoms with E-state index in [1.807, 2.05) is 0 Å². The Bertz CT molecular complexity index is 4500. The van der Waals surface area contributed by atoms with Gasteiger partial charge >= 0.3 is 0 Å². The molecule has 3 heterocycles. The molecule has 0 spiro atoms. The molecule has 372 valence electrons. The van der Waals surface area contributed by atoms with Crippen molar-refractivity contribution in [3.63, 3.8) is 0 Å². The van der Waals surface area contributed by atoms with Crippen molar-refractivity contribution in [3.05, 3.63) is 279 Å². The summed E-state index contributed by atoms with van der Waals surface area (Å²) in [6, 6.07) is 98.1. The minimum atomic E-state index is -0.118. The number of hydrogen-bond donors (Lipinski definition) is 0. The number of benzene rings is 11. The predicted octanol–water partition coefficient (Wildman–Crippen LogP) is 18.8. The molecule has 6 heteroatoms. The van der Waals surface area contributed by atoms with Crippen molar-refractivity contribution in [2.75, 3.05) is 9.80 Å². The summed E-state index contributed by atoms with van der Waals surface area (Å²) >= 11 is 0. The molecular weight excluding hydrogens is 949 g/mol. The fourth-order valence-corrected chi connectivity index (χ4v) is 11.7. The average Bonchev–Trinajstić information content (AvgIpc) is 4.16. The SMILES string of the molecule is CC(C)(C)c1cccc2nc(-c3ccc(N(c4ccccc4)c4ccc5c(c4)c4ccccc4n5-c4ccccc4)cc3)c(-c3ccc(N(c4ccccc4)c4ccc5c(c4)c4ccccc4n5-c4ccccc4)cc3)[nH+]c12. The van der Waals surface area contributed by atoms with Gasteiger partial charge < -0.3 is 18.9 Å². The maximum absolute atomic E-state index is 5.55. The highest BCUT2D eigenvalue weighted by molar-refractivity contribution is 6.12. The van der Waals surface area contributed by atoms with Crippen LogP contribution in [0.2, 0.25) is 0 Å². The molecule has 1 N–H and O–H groups in total. The van der Waals surface area contributed by atoms with E-state index in [1.54, 1.807) is 0 Å². The maximum Gasteiger partial charge on any atom is 0.237 e. The van der Waals surface area contributed by atoms with Gasteiger partial charge in [0.15, 0.2) is 0 Å². The first kappa shape index (κ1) is 46.5. The Morgan fingerprint density at radius 2 is 0.744 bits per heavy atom. The third-order valence-electron chi connectivity index (χ3n) is 15.3. The van der Waals surface area contributed by atoms with E-state index in [-0.39, 0.29) is 5.41 Å². The summed E-state index contributed by atoms with van der Waals surface area (Å²) < 4.78 is 4.73. The van der Waals surface area contributed by atoms with Gasteiger partial charge in [-0.1, -0.05) is 154 Å². The second-order valence-corrected chi connectivity index (χ2v) is 21.1. The molecule has 0 radical (unpaired) electrons. The Morgan fingerprint density at radius 1 is 0.346 bits per heavy atom. The van der Waals surface area contributed by atoms with Crippen LogP contribution in [0.1, 0.15) is 26.3 Å². The van der Waals surface area contributed by atoms with Gasteiger partial charge in [-0.25, -0.2) is 9.97 Å². The summed E-state index contributed by atoms with van der Waals surface area (Å²) in [5, 5.41) is 4.83. The molecule has 0 aliphatic rings. The van der Waals surface area contributed by atoms with Gasteiger partial charge in [0.2, 0.25) is 11.2 Å². The van der Waals surface area contributed by atoms with Crippen LogP contribution in [0.3, 0.4) is 0 Å². The zero-order valence-electron chi connectivity index (χ0n) is 43.7. The Hall–Kier alpha value is -10.0. The normalized spacial score (nSPS) is 11.8. The van der Waals surface area contributed by atoms with Crippen LogP contribution in [-0.4, -0.2) is 14.1 Å². The van der Waals surface area contributed by atoms with Gasteiger partial charge in [0, 0.05) is 83.7 Å². The van der Waals surface area contributed by atoms with Crippen molar-refractivity contribution < 1.29 is 4.98 Å². The number of H-pyrrole nitrogens is 1. The van der Waals surface area contributed by atoms with Crippen molar-refractivity contribution in [3.8, 4) is 33.9 Å². The molecule has 14 rings (SSSR count). The molecule has 0 unspecified atom stereocenters. The third kappa shape index (κ3) is 8.05. The van der Waals surface area contributed by atoms with Gasteiger partial charge in [-0.2, -0.15) is 0 Å². The molecule has 78 heavy (non-hydrogen) atoms. The lowest BCUT2D eigenvalue weighted by molar-refractivity contribution is -0.331. The zero-order valence-corrected chi connectivity index (χ0v) is 43.7. The summed E-state index contributed by atoms with van der Waals surface area (Å²) in [6.45, 7) is 6.80. The van der Waals surface area contributed by atoms with Crippen LogP contribution in [0, 0.1) is 0 Å². The first-order valence-electron chi connectivity index (χ1n) is 26.8. The minimum absolute atomic E-state index is 0.118. The first-order chi connectivity index (χ1) is 38.3. The number of rotatable bonds is 10. The zero-order chi connectivity index (χ0) is 52.3. The van der Waals surface area contributed by atoms with E-state index >= 15 is 0 Å². The smallest absolute Gasteiger partial charge is 0.237 e. The Kier molecular flexibility index (Phi) is 11.3. The monoisotopic (exact) mass is 1000 g/mol. The van der Waals surface area contributed by atoms with Crippen LogP contribution in [0.25, 0.3) is 88.5 Å². The molecule has 0 saturated carbocycles. The quantitative estimate of drug-likeness (QED) is 0.137. The Balaban J connectivity index is 0.881. The van der Waals surface area contributed by atoms with Crippen molar-refractivity contribution in [2.24, 2.45) is 0 Å². The van der Waals surface area contributed by atoms with Gasteiger partial charge in [-0.15, -0.1) is 0 Å². The van der Waals surface area contributed by atoms with E-state index in [9.17, 15) is 0 Å². The van der Waals surface area contributed by atoms with Gasteiger partial charge in [0.1, 0.15) is 11.2 Å². The largest absolute Gasteiger partial charge is 0.310 e. The molecule has 14 aromatic rings. The fraction of sp³-hybridized carbons (Fsp3) is 0.0556. The second-order valence-electron chi connectivity index (χ2n) is 21.1. The number of fused-ring (bicyclic) bond motifs is 7. The molecule has 0 atom stereocenters. The predicted molar refractivity (Wildman–Crippen MR) is 326 cm³/mol. The molecule has 6 nitrogen and oxygen atoms in total. The lowest BCUT2D eigenvalue weighted by atomic mass is 9.86. The lowest BCUT2D eigenvalue weighted by Crippen LogP contribution is -2.20. The van der Waals surface area contributed by atoms with Crippen LogP contribution >= 0.6 is 0 Å². The average molecular weight is 1000 g/mol. The van der Waals surface area contributed by atoms with Crippen LogP contribution in [0.15, 0.2) is 273 Å². The summed E-state index contributed by atoms with van der Waals surface area (Å²) in [4.78, 5) is 14.2. The molecule has 0 amide bonds. The number of nitrogens with one attached hydrogen (secondary N) is 1. The summed E-state index contributed by atoms with van der Waals surface area (Å²) in [5.74, 6) is 0. The maximum atomic E-state index is 5.55. The Labute approximate surface area is 454 Å². The molecule has 0 bridgehead atoms. The lowest BCUT2D eigenvalue weighted by Gasteiger charge is -2.26. The summed E-state index contributed by atoms with van der Waals surface area (Å²) in [6.07, 6.45) is 0. The van der Waals surface area contributed by atoms with Gasteiger partial charge in [-0.3, -0.25) is 0 Å². The van der Waals surface area contributed by atoms with E-state index in [2.05, 4.69) is 318 Å². The van der Waals surface area contributed by atoms with Crippen molar-refractivity contribution in [1.82, 2.24) is 14.1 Å². The number of nitrogens with zero attached hydrogens (tertiary/aromatic N) is 5. The van der Waals surface area contributed by atoms with Crippen molar-refractivity contribution in [1.29, 1.82) is 0 Å². The van der Waals surface area contributed by atoms with E-state index in [4.69, 9.17) is 4.98 Å². The number of para-hydroxylation sites is 7. The van der Waals surface area contributed by atoms with Gasteiger partial charge in [-0.05, 0) is 145 Å². The highest BCUT2D eigenvalue weighted by Gasteiger charge is 2.27. The van der Waals surface area contributed by atoms with Crippen LogP contribution < -0.4 is 14.8 Å². The van der Waals surface area contributed by atoms with E-state index in [0.29, 0.717) is 0 Å². The van der Waals surface area contributed by atoms with Crippen molar-refractivity contribution >= 4 is 88.8 Å². The summed E-state index contributed by atoms with van der Waals surface area (Å²) in [7, 11) is 0. The molecular formula is C72H55N6+. The molecule has 3 aromatic heterocycles.